The fraction of sp³-hybridized carbons (Fsp3) is 0.108. The van der Waals surface area contributed by atoms with Crippen LogP contribution in [0.1, 0.15) is 52.7 Å². The first-order valence-corrected chi connectivity index (χ1v) is 26.2. The molecule has 0 aliphatic carbocycles. The summed E-state index contributed by atoms with van der Waals surface area (Å²) in [7, 11) is 0. The van der Waals surface area contributed by atoms with E-state index >= 15 is 0 Å². The lowest BCUT2D eigenvalue weighted by atomic mass is 9.80. The van der Waals surface area contributed by atoms with Crippen molar-refractivity contribution in [3.05, 3.63) is 254 Å². The van der Waals surface area contributed by atoms with Crippen molar-refractivity contribution in [3.63, 3.8) is 0 Å². The summed E-state index contributed by atoms with van der Waals surface area (Å²) in [5, 5.41) is 15.0. The molecule has 0 aliphatic heterocycles. The molecule has 0 bridgehead atoms. The molecule has 0 spiro atoms. The number of hydrogen-bond acceptors (Lipinski definition) is 0. The molecule has 13 aromatic rings. The zero-order chi connectivity index (χ0) is 50.3. The van der Waals surface area contributed by atoms with Crippen molar-refractivity contribution < 1.29 is 0 Å². The topological polar surface area (TPSA) is 0 Å². The minimum absolute atomic E-state index is 0.0240. The van der Waals surface area contributed by atoms with E-state index in [4.69, 9.17) is 0 Å². The lowest BCUT2D eigenvalue weighted by molar-refractivity contribution is 0.590. The van der Waals surface area contributed by atoms with Gasteiger partial charge in [-0.15, -0.1) is 0 Å². The van der Waals surface area contributed by atoms with Crippen molar-refractivity contribution >= 4 is 64.6 Å². The maximum atomic E-state index is 2.52. The Labute approximate surface area is 435 Å². The van der Waals surface area contributed by atoms with Gasteiger partial charge in [0.2, 0.25) is 0 Å². The van der Waals surface area contributed by atoms with Gasteiger partial charge in [-0.3, -0.25) is 0 Å². The van der Waals surface area contributed by atoms with E-state index in [1.807, 2.05) is 0 Å². The standard InChI is InChI=1S/C74H58/c1-73(2,3)53-39-33-49(34-40-53)71-63-43-37-51(69-59-29-17-13-25-55(59)67(47-21-9-7-10-22-47)56-26-14-18-30-60(56)69)45-65(63)66-46-52(38-44-64(66)72(71)50-35-41-54(42-36-50)74(4,5)6)70-61-31-19-15-27-57(61)68(48-23-11-8-12-24-48)58-28-16-20-32-62(58)70/h7-46H,1-6H3. The van der Waals surface area contributed by atoms with Crippen LogP contribution in [0.3, 0.4) is 0 Å². The number of rotatable bonds is 6. The maximum Gasteiger partial charge on any atom is -0.00203 e. The SMILES string of the molecule is CC(C)(C)c1ccc(-c2c(-c3ccc(C(C)(C)C)cc3)c3ccc(-c4c5ccccc5c(-c5ccccc5)c5ccccc45)cc3c3cc(-c4c5ccccc5c(-c5ccccc5)c5ccccc45)ccc23)cc1. The Morgan fingerprint density at radius 1 is 0.176 bits per heavy atom. The van der Waals surface area contributed by atoms with Crippen LogP contribution >= 0.6 is 0 Å². The summed E-state index contributed by atoms with van der Waals surface area (Å²) < 4.78 is 0. The quantitative estimate of drug-likeness (QED) is 0.115. The largest absolute Gasteiger partial charge is 0.0622 e. The summed E-state index contributed by atoms with van der Waals surface area (Å²) in [6, 6.07) is 91.5. The van der Waals surface area contributed by atoms with Crippen molar-refractivity contribution in [1.29, 1.82) is 0 Å². The van der Waals surface area contributed by atoms with Crippen LogP contribution in [-0.4, -0.2) is 0 Å². The molecular weight excluding hydrogens is 889 g/mol. The van der Waals surface area contributed by atoms with Gasteiger partial charge in [-0.1, -0.05) is 272 Å². The molecule has 0 radical (unpaired) electrons. The second kappa shape index (κ2) is 17.6. The van der Waals surface area contributed by atoms with Gasteiger partial charge in [-0.05, 0) is 165 Å². The lowest BCUT2D eigenvalue weighted by Crippen LogP contribution is -2.10. The summed E-state index contributed by atoms with van der Waals surface area (Å²) in [4.78, 5) is 0. The van der Waals surface area contributed by atoms with Crippen LogP contribution in [0.25, 0.3) is 131 Å². The molecule has 0 amide bonds. The summed E-state index contributed by atoms with van der Waals surface area (Å²) in [5.74, 6) is 0. The van der Waals surface area contributed by atoms with Crippen LogP contribution in [0.2, 0.25) is 0 Å². The maximum absolute atomic E-state index is 2.52. The molecule has 0 heteroatoms. The average Bonchev–Trinajstić information content (AvgIpc) is 3.44. The van der Waals surface area contributed by atoms with Crippen molar-refractivity contribution in [2.24, 2.45) is 0 Å². The van der Waals surface area contributed by atoms with E-state index in [1.54, 1.807) is 0 Å². The van der Waals surface area contributed by atoms with E-state index in [0.29, 0.717) is 0 Å². The molecular formula is C74H58. The van der Waals surface area contributed by atoms with Gasteiger partial charge < -0.3 is 0 Å². The number of benzene rings is 13. The summed E-state index contributed by atoms with van der Waals surface area (Å²) in [6.45, 7) is 13.8. The third-order valence-electron chi connectivity index (χ3n) is 15.8. The minimum Gasteiger partial charge on any atom is -0.0622 e. The van der Waals surface area contributed by atoms with Crippen molar-refractivity contribution in [3.8, 4) is 66.8 Å². The Kier molecular flexibility index (Phi) is 10.8. The fourth-order valence-corrected chi connectivity index (χ4v) is 12.1. The van der Waals surface area contributed by atoms with E-state index in [9.17, 15) is 0 Å². The third-order valence-corrected chi connectivity index (χ3v) is 15.8. The first-order valence-electron chi connectivity index (χ1n) is 26.2. The molecule has 0 fully saturated rings. The van der Waals surface area contributed by atoms with Crippen molar-refractivity contribution in [2.45, 2.75) is 52.4 Å². The first-order chi connectivity index (χ1) is 36.0. The molecule has 0 N–H and O–H groups in total. The van der Waals surface area contributed by atoms with E-state index in [-0.39, 0.29) is 10.8 Å². The molecule has 13 aromatic carbocycles. The van der Waals surface area contributed by atoms with Gasteiger partial charge >= 0.3 is 0 Å². The summed E-state index contributed by atoms with van der Waals surface area (Å²) in [6.07, 6.45) is 0. The molecule has 0 aromatic heterocycles. The van der Waals surface area contributed by atoms with Crippen LogP contribution in [0.4, 0.5) is 0 Å². The van der Waals surface area contributed by atoms with Gasteiger partial charge in [-0.2, -0.15) is 0 Å². The van der Waals surface area contributed by atoms with Crippen LogP contribution in [0.15, 0.2) is 243 Å². The zero-order valence-corrected chi connectivity index (χ0v) is 43.1. The molecule has 0 aliphatic rings. The number of fused-ring (bicyclic) bond motifs is 7. The second-order valence-electron chi connectivity index (χ2n) is 22.3. The van der Waals surface area contributed by atoms with Crippen LogP contribution in [0.5, 0.6) is 0 Å². The Bertz CT molecular complexity index is 3920. The van der Waals surface area contributed by atoms with Crippen LogP contribution in [0, 0.1) is 0 Å². The van der Waals surface area contributed by atoms with E-state index in [1.165, 1.54) is 143 Å². The highest BCUT2D eigenvalue weighted by molar-refractivity contribution is 6.27. The Balaban J connectivity index is 1.17. The van der Waals surface area contributed by atoms with E-state index < -0.39 is 0 Å². The van der Waals surface area contributed by atoms with E-state index in [2.05, 4.69) is 284 Å². The van der Waals surface area contributed by atoms with Gasteiger partial charge in [0.15, 0.2) is 0 Å². The highest BCUT2D eigenvalue weighted by Crippen LogP contribution is 2.51. The molecule has 74 heavy (non-hydrogen) atoms. The molecule has 0 heterocycles. The summed E-state index contributed by atoms with van der Waals surface area (Å²) >= 11 is 0. The predicted octanol–water partition coefficient (Wildman–Crippen LogP) is 21.2. The smallest absolute Gasteiger partial charge is 0.00203 e. The summed E-state index contributed by atoms with van der Waals surface area (Å²) in [5.41, 5.74) is 17.6. The minimum atomic E-state index is 0.0240. The molecule has 354 valence electrons. The predicted molar refractivity (Wildman–Crippen MR) is 321 cm³/mol. The van der Waals surface area contributed by atoms with Crippen LogP contribution in [-0.2, 0) is 10.8 Å². The van der Waals surface area contributed by atoms with Crippen LogP contribution < -0.4 is 0 Å². The first kappa shape index (κ1) is 45.3. The Morgan fingerprint density at radius 2 is 0.392 bits per heavy atom. The Morgan fingerprint density at radius 3 is 0.662 bits per heavy atom. The highest BCUT2D eigenvalue weighted by Gasteiger charge is 2.24. The van der Waals surface area contributed by atoms with E-state index in [0.717, 1.165) is 0 Å². The van der Waals surface area contributed by atoms with Crippen molar-refractivity contribution in [1.82, 2.24) is 0 Å². The zero-order valence-electron chi connectivity index (χ0n) is 43.1. The molecule has 13 rings (SSSR count). The monoisotopic (exact) mass is 946 g/mol. The average molecular weight is 947 g/mol. The number of hydrogen-bond donors (Lipinski definition) is 0. The second-order valence-corrected chi connectivity index (χ2v) is 22.3. The van der Waals surface area contributed by atoms with Gasteiger partial charge in [-0.25, -0.2) is 0 Å². The van der Waals surface area contributed by atoms with Gasteiger partial charge in [0.25, 0.3) is 0 Å². The molecule has 0 saturated heterocycles. The molecule has 0 nitrogen and oxygen atoms in total. The lowest BCUT2D eigenvalue weighted by Gasteiger charge is -2.24. The molecule has 0 atom stereocenters. The van der Waals surface area contributed by atoms with Gasteiger partial charge in [0, 0.05) is 0 Å². The van der Waals surface area contributed by atoms with Gasteiger partial charge in [0.1, 0.15) is 0 Å². The fourth-order valence-electron chi connectivity index (χ4n) is 12.1. The molecule has 0 saturated carbocycles. The molecule has 0 unspecified atom stereocenters. The van der Waals surface area contributed by atoms with Gasteiger partial charge in [0.05, 0.1) is 0 Å². The Hall–Kier alpha value is -8.58. The van der Waals surface area contributed by atoms with Crippen molar-refractivity contribution in [2.75, 3.05) is 0 Å². The normalized spacial score (nSPS) is 12.2. The third kappa shape index (κ3) is 7.51. The highest BCUT2D eigenvalue weighted by atomic mass is 14.3.